The van der Waals surface area contributed by atoms with Crippen molar-refractivity contribution in [3.8, 4) is 5.69 Å². The fourth-order valence-corrected chi connectivity index (χ4v) is 5.56. The van der Waals surface area contributed by atoms with Gasteiger partial charge in [-0.05, 0) is 55.0 Å². The van der Waals surface area contributed by atoms with Gasteiger partial charge in [0, 0.05) is 30.4 Å². The van der Waals surface area contributed by atoms with E-state index < -0.39 is 33.4 Å². The third kappa shape index (κ3) is 4.51. The largest absolute Gasteiger partial charge is 0.416 e. The number of hydrogen-bond acceptors (Lipinski definition) is 4. The van der Waals surface area contributed by atoms with E-state index >= 15 is 0 Å². The molecule has 1 atom stereocenters. The summed E-state index contributed by atoms with van der Waals surface area (Å²) in [4.78, 5) is 13.3. The number of fused-ring (bicyclic) bond motifs is 3. The predicted molar refractivity (Wildman–Crippen MR) is 134 cm³/mol. The van der Waals surface area contributed by atoms with E-state index in [0.29, 0.717) is 16.4 Å². The van der Waals surface area contributed by atoms with Crippen molar-refractivity contribution in [2.75, 3.05) is 0 Å². The Labute approximate surface area is 209 Å². The zero-order valence-corrected chi connectivity index (χ0v) is 20.5. The monoisotopic (exact) mass is 526 g/mol. The van der Waals surface area contributed by atoms with E-state index in [9.17, 15) is 26.4 Å². The number of hydrogen-bond donors (Lipinski definition) is 1. The molecule has 0 aliphatic carbocycles. The Bertz CT molecular complexity index is 1790. The van der Waals surface area contributed by atoms with Gasteiger partial charge in [0.25, 0.3) is 5.56 Å². The average Bonchev–Trinajstić information content (AvgIpc) is 3.26. The van der Waals surface area contributed by atoms with Crippen LogP contribution >= 0.6 is 0 Å². The van der Waals surface area contributed by atoms with Gasteiger partial charge in [-0.3, -0.25) is 14.0 Å². The molecule has 0 radical (unpaired) electrons. The van der Waals surface area contributed by atoms with Crippen molar-refractivity contribution >= 4 is 31.8 Å². The number of rotatable bonds is 5. The number of benzene rings is 3. The number of nitrogens with one attached hydrogen (secondary N) is 1. The van der Waals surface area contributed by atoms with Gasteiger partial charge in [0.1, 0.15) is 5.52 Å². The highest BCUT2D eigenvalue weighted by molar-refractivity contribution is 7.89. The molecule has 0 amide bonds. The molecule has 2 heterocycles. The lowest BCUT2D eigenvalue weighted by atomic mass is 10.1. The van der Waals surface area contributed by atoms with Crippen LogP contribution < -0.4 is 10.3 Å². The molecule has 0 saturated carbocycles. The standard InChI is InChI=1S/C26H21F3N4O3S/c1-16(17-6-4-3-5-7-17)31-37(35,36)20-12-13-23-21(14-20)24-22(15-32(2)30-24)25(34)33(23)19-10-8-18(9-11-19)26(27,28)29/h3-16,31H,1-2H3/t16-/m0/s1. The van der Waals surface area contributed by atoms with Crippen LogP contribution in [0.1, 0.15) is 24.1 Å². The van der Waals surface area contributed by atoms with E-state index in [1.807, 2.05) is 30.3 Å². The number of sulfonamides is 1. The first-order valence-corrected chi connectivity index (χ1v) is 12.7. The van der Waals surface area contributed by atoms with E-state index in [1.165, 1.54) is 45.8 Å². The fraction of sp³-hybridized carbons (Fsp3) is 0.154. The molecule has 11 heteroatoms. The smallest absolute Gasteiger partial charge is 0.276 e. The molecule has 0 aliphatic heterocycles. The van der Waals surface area contributed by atoms with Crippen LogP contribution in [0.2, 0.25) is 0 Å². The van der Waals surface area contributed by atoms with Crippen LogP contribution in [0.3, 0.4) is 0 Å². The van der Waals surface area contributed by atoms with Crippen molar-refractivity contribution in [3.05, 3.63) is 100 Å². The molecule has 7 nitrogen and oxygen atoms in total. The Kier molecular flexibility index (Phi) is 5.92. The number of pyridine rings is 1. The Balaban J connectivity index is 1.67. The molecule has 3 aromatic carbocycles. The summed E-state index contributed by atoms with van der Waals surface area (Å²) in [6.45, 7) is 1.73. The van der Waals surface area contributed by atoms with Gasteiger partial charge in [0.15, 0.2) is 0 Å². The Hall–Kier alpha value is -3.96. The van der Waals surface area contributed by atoms with Crippen LogP contribution in [0.4, 0.5) is 13.2 Å². The second-order valence-corrected chi connectivity index (χ2v) is 10.4. The summed E-state index contributed by atoms with van der Waals surface area (Å²) < 4.78 is 71.1. The van der Waals surface area contributed by atoms with Crippen LogP contribution in [0.5, 0.6) is 0 Å². The SMILES string of the molecule is C[C@H](NS(=O)(=O)c1ccc2c(c1)c1nn(C)cc1c(=O)n2-c1ccc(C(F)(F)F)cc1)c1ccccc1. The molecule has 0 bridgehead atoms. The maximum atomic E-state index is 13.4. The number of halogens is 3. The second-order valence-electron chi connectivity index (χ2n) is 8.68. The summed E-state index contributed by atoms with van der Waals surface area (Å²) in [6.07, 6.45) is -3.03. The molecule has 2 aromatic heterocycles. The predicted octanol–water partition coefficient (Wildman–Crippen LogP) is 4.94. The lowest BCUT2D eigenvalue weighted by Crippen LogP contribution is -2.27. The van der Waals surface area contributed by atoms with E-state index in [1.54, 1.807) is 14.0 Å². The molecular weight excluding hydrogens is 505 g/mol. The highest BCUT2D eigenvalue weighted by atomic mass is 32.2. The van der Waals surface area contributed by atoms with Crippen LogP contribution in [-0.2, 0) is 23.2 Å². The summed E-state index contributed by atoms with van der Waals surface area (Å²) in [5.74, 6) is 0. The lowest BCUT2D eigenvalue weighted by Gasteiger charge is -2.16. The number of aryl methyl sites for hydroxylation is 1. The molecule has 0 fully saturated rings. The summed E-state index contributed by atoms with van der Waals surface area (Å²) in [5, 5.41) is 4.92. The van der Waals surface area contributed by atoms with Crippen molar-refractivity contribution < 1.29 is 21.6 Å². The van der Waals surface area contributed by atoms with Gasteiger partial charge >= 0.3 is 6.18 Å². The number of nitrogens with zero attached hydrogens (tertiary/aromatic N) is 3. The van der Waals surface area contributed by atoms with Crippen LogP contribution in [-0.4, -0.2) is 22.8 Å². The van der Waals surface area contributed by atoms with E-state index in [0.717, 1.165) is 17.7 Å². The van der Waals surface area contributed by atoms with Gasteiger partial charge in [-0.15, -0.1) is 0 Å². The summed E-state index contributed by atoms with van der Waals surface area (Å²) in [7, 11) is -2.35. The highest BCUT2D eigenvalue weighted by Gasteiger charge is 2.30. The highest BCUT2D eigenvalue weighted by Crippen LogP contribution is 2.31. The molecule has 0 spiro atoms. The van der Waals surface area contributed by atoms with Crippen molar-refractivity contribution in [1.29, 1.82) is 0 Å². The molecule has 37 heavy (non-hydrogen) atoms. The normalized spacial score (nSPS) is 13.3. The van der Waals surface area contributed by atoms with Gasteiger partial charge in [0.05, 0.1) is 21.4 Å². The molecule has 190 valence electrons. The third-order valence-corrected chi connectivity index (χ3v) is 7.66. The minimum atomic E-state index is -4.52. The maximum absolute atomic E-state index is 13.4. The maximum Gasteiger partial charge on any atom is 0.416 e. The van der Waals surface area contributed by atoms with Gasteiger partial charge in [-0.2, -0.15) is 18.3 Å². The van der Waals surface area contributed by atoms with Crippen LogP contribution in [0.25, 0.3) is 27.5 Å². The molecule has 0 unspecified atom stereocenters. The first-order valence-electron chi connectivity index (χ1n) is 11.2. The molecular formula is C26H21F3N4O3S. The molecule has 0 saturated heterocycles. The summed E-state index contributed by atoms with van der Waals surface area (Å²) in [5.41, 5.74) is 0.269. The number of aromatic nitrogens is 3. The van der Waals surface area contributed by atoms with E-state index in [-0.39, 0.29) is 16.0 Å². The zero-order chi connectivity index (χ0) is 26.5. The Morgan fingerprint density at radius 1 is 0.946 bits per heavy atom. The third-order valence-electron chi connectivity index (χ3n) is 6.12. The summed E-state index contributed by atoms with van der Waals surface area (Å²) in [6, 6.07) is 17.0. The van der Waals surface area contributed by atoms with Crippen LogP contribution in [0.15, 0.2) is 88.7 Å². The van der Waals surface area contributed by atoms with Gasteiger partial charge in [-0.1, -0.05) is 30.3 Å². The molecule has 1 N–H and O–H groups in total. The van der Waals surface area contributed by atoms with E-state index in [4.69, 9.17) is 0 Å². The van der Waals surface area contributed by atoms with Gasteiger partial charge in [0.2, 0.25) is 10.0 Å². The first kappa shape index (κ1) is 24.7. The topological polar surface area (TPSA) is 86.0 Å². The average molecular weight is 527 g/mol. The van der Waals surface area contributed by atoms with Crippen LogP contribution in [0, 0.1) is 0 Å². The number of alkyl halides is 3. The minimum Gasteiger partial charge on any atom is -0.276 e. The molecule has 5 aromatic rings. The Morgan fingerprint density at radius 3 is 2.27 bits per heavy atom. The fourth-order valence-electron chi connectivity index (χ4n) is 4.31. The minimum absolute atomic E-state index is 0.0349. The van der Waals surface area contributed by atoms with Gasteiger partial charge in [-0.25, -0.2) is 13.1 Å². The first-order chi connectivity index (χ1) is 17.5. The summed E-state index contributed by atoms with van der Waals surface area (Å²) >= 11 is 0. The molecule has 0 aliphatic rings. The second kappa shape index (κ2) is 8.86. The van der Waals surface area contributed by atoms with Crippen molar-refractivity contribution in [3.63, 3.8) is 0 Å². The van der Waals surface area contributed by atoms with Crippen molar-refractivity contribution in [2.24, 2.45) is 7.05 Å². The zero-order valence-electron chi connectivity index (χ0n) is 19.7. The Morgan fingerprint density at radius 2 is 1.62 bits per heavy atom. The van der Waals surface area contributed by atoms with Gasteiger partial charge < -0.3 is 0 Å². The van der Waals surface area contributed by atoms with E-state index in [2.05, 4.69) is 9.82 Å². The van der Waals surface area contributed by atoms with Crippen molar-refractivity contribution in [1.82, 2.24) is 19.1 Å². The quantitative estimate of drug-likeness (QED) is 0.352. The van der Waals surface area contributed by atoms with Crippen molar-refractivity contribution in [2.45, 2.75) is 24.0 Å². The lowest BCUT2D eigenvalue weighted by molar-refractivity contribution is -0.137. The molecule has 5 rings (SSSR count).